The quantitative estimate of drug-likeness (QED) is 0.914. The molecule has 3 rings (SSSR count). The van der Waals surface area contributed by atoms with E-state index in [9.17, 15) is 0 Å². The van der Waals surface area contributed by atoms with Crippen molar-refractivity contribution in [3.63, 3.8) is 0 Å². The van der Waals surface area contributed by atoms with Crippen LogP contribution in [0.2, 0.25) is 0 Å². The molecule has 3 atom stereocenters. The first-order chi connectivity index (χ1) is 9.80. The Morgan fingerprint density at radius 3 is 3.05 bits per heavy atom. The van der Waals surface area contributed by atoms with Gasteiger partial charge in [-0.3, -0.25) is 4.90 Å². The average Bonchev–Trinajstić information content (AvgIpc) is 2.94. The van der Waals surface area contributed by atoms with Crippen molar-refractivity contribution in [2.24, 2.45) is 11.8 Å². The fourth-order valence-electron chi connectivity index (χ4n) is 4.02. The van der Waals surface area contributed by atoms with Gasteiger partial charge < -0.3 is 9.88 Å². The van der Waals surface area contributed by atoms with Crippen LogP contribution >= 0.6 is 0 Å². The first-order valence-corrected chi connectivity index (χ1v) is 8.19. The summed E-state index contributed by atoms with van der Waals surface area (Å²) in [4.78, 5) is 7.08. The van der Waals surface area contributed by atoms with Crippen molar-refractivity contribution >= 4 is 0 Å². The number of hydrogen-bond acceptors (Lipinski definition) is 3. The predicted octanol–water partition coefficient (Wildman–Crippen LogP) is 2.11. The molecule has 3 unspecified atom stereocenters. The topological polar surface area (TPSA) is 33.1 Å². The number of rotatable bonds is 4. The Hall–Kier alpha value is -0.870. The van der Waals surface area contributed by atoms with Gasteiger partial charge in [0, 0.05) is 38.1 Å². The molecule has 0 aromatic carbocycles. The molecule has 1 saturated carbocycles. The molecule has 1 N–H and O–H groups in total. The van der Waals surface area contributed by atoms with E-state index in [1.54, 1.807) is 0 Å². The van der Waals surface area contributed by atoms with Crippen molar-refractivity contribution in [2.75, 3.05) is 20.1 Å². The maximum absolute atomic E-state index is 4.48. The molecule has 4 heteroatoms. The van der Waals surface area contributed by atoms with Crippen molar-refractivity contribution in [3.8, 4) is 0 Å². The summed E-state index contributed by atoms with van der Waals surface area (Å²) >= 11 is 0. The molecule has 1 aromatic rings. The van der Waals surface area contributed by atoms with Gasteiger partial charge in [0.2, 0.25) is 0 Å². The van der Waals surface area contributed by atoms with Crippen LogP contribution in [0.5, 0.6) is 0 Å². The lowest BCUT2D eigenvalue weighted by atomic mass is 9.76. The Morgan fingerprint density at radius 2 is 2.25 bits per heavy atom. The van der Waals surface area contributed by atoms with Gasteiger partial charge in [0.25, 0.3) is 0 Å². The Bertz CT molecular complexity index is 428. The molecular weight excluding hydrogens is 248 g/mol. The maximum Gasteiger partial charge on any atom is 0.122 e. The van der Waals surface area contributed by atoms with Gasteiger partial charge in [-0.25, -0.2) is 4.98 Å². The summed E-state index contributed by atoms with van der Waals surface area (Å²) in [6, 6.07) is 0.708. The van der Waals surface area contributed by atoms with E-state index in [4.69, 9.17) is 0 Å². The largest absolute Gasteiger partial charge is 0.333 e. The number of fused-ring (bicyclic) bond motifs is 1. The minimum absolute atomic E-state index is 0.708. The summed E-state index contributed by atoms with van der Waals surface area (Å²) in [6.07, 6.45) is 9.54. The monoisotopic (exact) mass is 276 g/mol. The third-order valence-electron chi connectivity index (χ3n) is 5.36. The zero-order chi connectivity index (χ0) is 13.9. The van der Waals surface area contributed by atoms with Gasteiger partial charge in [0.1, 0.15) is 5.82 Å². The predicted molar refractivity (Wildman–Crippen MR) is 81.5 cm³/mol. The van der Waals surface area contributed by atoms with Crippen molar-refractivity contribution in [1.29, 1.82) is 0 Å². The average molecular weight is 276 g/mol. The molecule has 0 bridgehead atoms. The second-order valence-corrected chi connectivity index (χ2v) is 6.51. The van der Waals surface area contributed by atoms with Gasteiger partial charge in [-0.05, 0) is 38.1 Å². The highest BCUT2D eigenvalue weighted by molar-refractivity contribution is 4.96. The van der Waals surface area contributed by atoms with E-state index in [0.29, 0.717) is 6.04 Å². The highest BCUT2D eigenvalue weighted by Crippen LogP contribution is 2.32. The SMILES string of the molecule is CCC1CCC(NC)C(CN2CCn3ccnc3C2)C1. The van der Waals surface area contributed by atoms with E-state index in [1.165, 1.54) is 44.6 Å². The number of nitrogens with one attached hydrogen (secondary N) is 1. The van der Waals surface area contributed by atoms with Gasteiger partial charge in [-0.15, -0.1) is 0 Å². The molecule has 2 heterocycles. The molecule has 0 spiro atoms. The summed E-state index contributed by atoms with van der Waals surface area (Å²) in [7, 11) is 2.13. The van der Waals surface area contributed by atoms with E-state index in [2.05, 4.69) is 39.9 Å². The number of nitrogens with zero attached hydrogens (tertiary/aromatic N) is 3. The van der Waals surface area contributed by atoms with Gasteiger partial charge in [-0.2, -0.15) is 0 Å². The van der Waals surface area contributed by atoms with Crippen LogP contribution in [0.25, 0.3) is 0 Å². The van der Waals surface area contributed by atoms with Gasteiger partial charge in [-0.1, -0.05) is 13.3 Å². The number of hydrogen-bond donors (Lipinski definition) is 1. The van der Waals surface area contributed by atoms with E-state index in [-0.39, 0.29) is 0 Å². The second kappa shape index (κ2) is 6.27. The highest BCUT2D eigenvalue weighted by atomic mass is 15.2. The molecule has 4 nitrogen and oxygen atoms in total. The molecule has 2 aliphatic rings. The van der Waals surface area contributed by atoms with Crippen molar-refractivity contribution in [2.45, 2.75) is 51.7 Å². The molecule has 112 valence electrons. The third-order valence-corrected chi connectivity index (χ3v) is 5.36. The molecule has 20 heavy (non-hydrogen) atoms. The van der Waals surface area contributed by atoms with Gasteiger partial charge >= 0.3 is 0 Å². The van der Waals surface area contributed by atoms with Crippen LogP contribution in [0.4, 0.5) is 0 Å². The minimum atomic E-state index is 0.708. The lowest BCUT2D eigenvalue weighted by Gasteiger charge is -2.39. The molecule has 0 radical (unpaired) electrons. The van der Waals surface area contributed by atoms with Crippen molar-refractivity contribution in [1.82, 2.24) is 19.8 Å². The lowest BCUT2D eigenvalue weighted by Crippen LogP contribution is -2.46. The van der Waals surface area contributed by atoms with Gasteiger partial charge in [0.05, 0.1) is 6.54 Å². The summed E-state index contributed by atoms with van der Waals surface area (Å²) in [5, 5.41) is 3.55. The molecule has 1 aliphatic heterocycles. The minimum Gasteiger partial charge on any atom is -0.333 e. The number of imidazole rings is 1. The summed E-state index contributed by atoms with van der Waals surface area (Å²) in [5.74, 6) is 2.98. The van der Waals surface area contributed by atoms with Crippen LogP contribution in [0, 0.1) is 11.8 Å². The van der Waals surface area contributed by atoms with Crippen LogP contribution in [0.1, 0.15) is 38.4 Å². The Labute approximate surface area is 122 Å². The fraction of sp³-hybridized carbons (Fsp3) is 0.812. The van der Waals surface area contributed by atoms with Gasteiger partial charge in [0.15, 0.2) is 0 Å². The number of aromatic nitrogens is 2. The van der Waals surface area contributed by atoms with E-state index in [1.807, 2.05) is 6.20 Å². The zero-order valence-electron chi connectivity index (χ0n) is 12.9. The van der Waals surface area contributed by atoms with Crippen LogP contribution in [0.3, 0.4) is 0 Å². The van der Waals surface area contributed by atoms with Crippen LogP contribution in [-0.2, 0) is 13.1 Å². The van der Waals surface area contributed by atoms with Crippen LogP contribution < -0.4 is 5.32 Å². The third kappa shape index (κ3) is 2.91. The first kappa shape index (κ1) is 14.1. The van der Waals surface area contributed by atoms with Crippen LogP contribution in [-0.4, -0.2) is 40.6 Å². The lowest BCUT2D eigenvalue weighted by molar-refractivity contribution is 0.122. The Morgan fingerprint density at radius 1 is 1.35 bits per heavy atom. The second-order valence-electron chi connectivity index (χ2n) is 6.51. The Balaban J connectivity index is 1.61. The summed E-state index contributed by atoms with van der Waals surface area (Å²) in [6.45, 7) is 6.88. The fourth-order valence-corrected chi connectivity index (χ4v) is 4.02. The van der Waals surface area contributed by atoms with E-state index >= 15 is 0 Å². The van der Waals surface area contributed by atoms with E-state index in [0.717, 1.165) is 24.9 Å². The maximum atomic E-state index is 4.48. The molecule has 0 amide bonds. The normalized spacial score (nSPS) is 31.2. The highest BCUT2D eigenvalue weighted by Gasteiger charge is 2.31. The van der Waals surface area contributed by atoms with Crippen molar-refractivity contribution in [3.05, 3.63) is 18.2 Å². The van der Waals surface area contributed by atoms with Crippen LogP contribution in [0.15, 0.2) is 12.4 Å². The molecule has 0 saturated heterocycles. The Kier molecular flexibility index (Phi) is 4.41. The molecule has 1 fully saturated rings. The first-order valence-electron chi connectivity index (χ1n) is 8.19. The summed E-state index contributed by atoms with van der Waals surface area (Å²) < 4.78 is 2.29. The van der Waals surface area contributed by atoms with Crippen molar-refractivity contribution < 1.29 is 0 Å². The smallest absolute Gasteiger partial charge is 0.122 e. The molecule has 1 aromatic heterocycles. The molecule has 1 aliphatic carbocycles. The summed E-state index contributed by atoms with van der Waals surface area (Å²) in [5.41, 5.74) is 0. The van der Waals surface area contributed by atoms with E-state index < -0.39 is 0 Å². The standard InChI is InChI=1S/C16H28N4/c1-3-13-4-5-15(17-2)14(10-13)11-19-8-9-20-7-6-18-16(20)12-19/h6-7,13-15,17H,3-5,8-12H2,1-2H3. The molecular formula is C16H28N4. The zero-order valence-corrected chi connectivity index (χ0v) is 12.9.